The van der Waals surface area contributed by atoms with Gasteiger partial charge in [-0.05, 0) is 41.0 Å². The summed E-state index contributed by atoms with van der Waals surface area (Å²) in [4.78, 5) is 12.7. The van der Waals surface area contributed by atoms with Crippen LogP contribution in [0, 0.1) is 11.2 Å². The van der Waals surface area contributed by atoms with Gasteiger partial charge in [-0.3, -0.25) is 4.79 Å². The quantitative estimate of drug-likeness (QED) is 0.439. The maximum atomic E-state index is 14.9. The molecule has 1 amide bonds. The Hall–Kier alpha value is -2.95. The van der Waals surface area contributed by atoms with Crippen LogP contribution in [-0.4, -0.2) is 17.1 Å². The third-order valence-electron chi connectivity index (χ3n) is 5.15. The van der Waals surface area contributed by atoms with Gasteiger partial charge in [0, 0.05) is 22.0 Å². The van der Waals surface area contributed by atoms with Gasteiger partial charge in [0.25, 0.3) is 0 Å². The number of aliphatic hydroxyl groups excluding tert-OH is 1. The molecule has 0 heterocycles. The van der Waals surface area contributed by atoms with Gasteiger partial charge in [0.05, 0.1) is 6.10 Å². The molecule has 0 saturated heterocycles. The molecule has 0 fully saturated rings. The summed E-state index contributed by atoms with van der Waals surface area (Å²) < 4.78 is 14.9. The molecule has 2 N–H and O–H groups in total. The molecule has 0 bridgehead atoms. The van der Waals surface area contributed by atoms with Crippen LogP contribution < -0.4 is 5.32 Å². The van der Waals surface area contributed by atoms with Crippen molar-refractivity contribution >= 4 is 29.3 Å². The molecule has 0 aliphatic rings. The normalized spacial score (nSPS) is 13.7. The molecule has 0 aliphatic heterocycles. The van der Waals surface area contributed by atoms with Gasteiger partial charge in [-0.15, -0.1) is 0 Å². The number of amides is 1. The smallest absolute Gasteiger partial charge is 0.229 e. The number of carbonyl (C=O) groups is 1. The van der Waals surface area contributed by atoms with Crippen LogP contribution in [0.3, 0.4) is 0 Å². The zero-order chi connectivity index (χ0) is 23.3. The van der Waals surface area contributed by atoms with E-state index < -0.39 is 23.3 Å². The molecule has 32 heavy (non-hydrogen) atoms. The summed E-state index contributed by atoms with van der Waals surface area (Å²) in [6.07, 6.45) is 2.34. The lowest BCUT2D eigenvalue weighted by molar-refractivity contribution is -0.123. The Morgan fingerprint density at radius 2 is 1.66 bits per heavy atom. The van der Waals surface area contributed by atoms with E-state index in [0.717, 1.165) is 5.56 Å². The number of hydrogen-bond acceptors (Lipinski definition) is 2. The van der Waals surface area contributed by atoms with E-state index in [9.17, 15) is 14.3 Å². The predicted octanol–water partition coefficient (Wildman–Crippen LogP) is 6.67. The number of hydrogen-bond donors (Lipinski definition) is 2. The molecule has 0 spiro atoms. The van der Waals surface area contributed by atoms with Crippen LogP contribution in [-0.2, 0) is 4.79 Å². The van der Waals surface area contributed by atoms with Gasteiger partial charge >= 0.3 is 0 Å². The maximum absolute atomic E-state index is 14.9. The molecular weight excluding hydrogens is 425 g/mol. The van der Waals surface area contributed by atoms with Crippen LogP contribution in [0.5, 0.6) is 0 Å². The van der Waals surface area contributed by atoms with Crippen LogP contribution in [0.1, 0.15) is 43.4 Å². The molecule has 0 aliphatic carbocycles. The Morgan fingerprint density at radius 1 is 1.00 bits per heavy atom. The minimum Gasteiger partial charge on any atom is -0.388 e. The van der Waals surface area contributed by atoms with Crippen LogP contribution in [0.15, 0.2) is 78.9 Å². The van der Waals surface area contributed by atoms with E-state index in [1.807, 2.05) is 51.1 Å². The van der Waals surface area contributed by atoms with E-state index in [2.05, 4.69) is 5.32 Å². The number of halogens is 2. The summed E-state index contributed by atoms with van der Waals surface area (Å²) >= 11 is 6.29. The van der Waals surface area contributed by atoms with Gasteiger partial charge < -0.3 is 10.4 Å². The Labute approximate surface area is 193 Å². The Bertz CT molecular complexity index is 1110. The van der Waals surface area contributed by atoms with Gasteiger partial charge in [-0.25, -0.2) is 4.39 Å². The summed E-state index contributed by atoms with van der Waals surface area (Å²) in [6, 6.07) is 20.8. The van der Waals surface area contributed by atoms with E-state index in [1.54, 1.807) is 48.6 Å². The van der Waals surface area contributed by atoms with Crippen molar-refractivity contribution in [3.63, 3.8) is 0 Å². The summed E-state index contributed by atoms with van der Waals surface area (Å²) in [5.74, 6) is -1.43. The molecule has 0 saturated carbocycles. The second-order valence-electron chi connectivity index (χ2n) is 8.70. The van der Waals surface area contributed by atoms with Crippen LogP contribution in [0.2, 0.25) is 5.02 Å². The second-order valence-corrected chi connectivity index (χ2v) is 9.13. The third kappa shape index (κ3) is 5.84. The van der Waals surface area contributed by atoms with Crippen LogP contribution in [0.4, 0.5) is 10.1 Å². The highest BCUT2D eigenvalue weighted by molar-refractivity contribution is 6.30. The van der Waals surface area contributed by atoms with Gasteiger partial charge in [-0.1, -0.05) is 93.1 Å². The largest absolute Gasteiger partial charge is 0.388 e. The zero-order valence-corrected chi connectivity index (χ0v) is 19.1. The number of anilines is 1. The SMILES string of the molecule is CC(C)(C)C(=O)Nc1ccc(Cl)cc1[C@@H](c1ccccc1F)[C@H](O)/C=C/c1ccccc1. The summed E-state index contributed by atoms with van der Waals surface area (Å²) in [5, 5.41) is 14.5. The molecule has 3 rings (SSSR count). The Morgan fingerprint density at radius 3 is 2.31 bits per heavy atom. The second kappa shape index (κ2) is 10.1. The van der Waals surface area contributed by atoms with Crippen molar-refractivity contribution in [2.75, 3.05) is 5.32 Å². The van der Waals surface area contributed by atoms with Crippen molar-refractivity contribution in [2.45, 2.75) is 32.8 Å². The molecule has 3 aromatic carbocycles. The van der Waals surface area contributed by atoms with Crippen molar-refractivity contribution < 1.29 is 14.3 Å². The van der Waals surface area contributed by atoms with Crippen LogP contribution in [0.25, 0.3) is 6.08 Å². The van der Waals surface area contributed by atoms with Crippen molar-refractivity contribution in [3.05, 3.63) is 106 Å². The number of rotatable bonds is 6. The molecule has 3 aromatic rings. The molecule has 5 heteroatoms. The number of nitrogens with one attached hydrogen (secondary N) is 1. The molecular formula is C27H27ClFNO2. The monoisotopic (exact) mass is 451 g/mol. The van der Waals surface area contributed by atoms with Gasteiger partial charge in [0.1, 0.15) is 5.82 Å². The number of aliphatic hydroxyl groups is 1. The van der Waals surface area contributed by atoms with Crippen molar-refractivity contribution in [3.8, 4) is 0 Å². The van der Waals surface area contributed by atoms with E-state index in [1.165, 1.54) is 6.07 Å². The zero-order valence-electron chi connectivity index (χ0n) is 18.3. The van der Waals surface area contributed by atoms with Gasteiger partial charge in [0.15, 0.2) is 0 Å². The van der Waals surface area contributed by atoms with E-state index >= 15 is 0 Å². The summed E-state index contributed by atoms with van der Waals surface area (Å²) in [5.41, 5.74) is 1.61. The lowest BCUT2D eigenvalue weighted by Gasteiger charge is -2.26. The fourth-order valence-electron chi connectivity index (χ4n) is 3.36. The topological polar surface area (TPSA) is 49.3 Å². The predicted molar refractivity (Wildman–Crippen MR) is 129 cm³/mol. The Balaban J connectivity index is 2.10. The number of carbonyl (C=O) groups excluding carboxylic acids is 1. The summed E-state index contributed by atoms with van der Waals surface area (Å²) in [7, 11) is 0. The van der Waals surface area contributed by atoms with E-state index in [0.29, 0.717) is 21.8 Å². The minimum absolute atomic E-state index is 0.192. The van der Waals surface area contributed by atoms with E-state index in [-0.39, 0.29) is 5.91 Å². The average molecular weight is 452 g/mol. The van der Waals surface area contributed by atoms with Crippen molar-refractivity contribution in [2.24, 2.45) is 5.41 Å². The van der Waals surface area contributed by atoms with Crippen LogP contribution >= 0.6 is 11.6 Å². The molecule has 3 nitrogen and oxygen atoms in total. The maximum Gasteiger partial charge on any atom is 0.229 e. The first-order valence-electron chi connectivity index (χ1n) is 10.4. The molecule has 0 unspecified atom stereocenters. The average Bonchev–Trinajstić information content (AvgIpc) is 2.75. The highest BCUT2D eigenvalue weighted by Gasteiger charge is 2.29. The number of benzene rings is 3. The summed E-state index contributed by atoms with van der Waals surface area (Å²) in [6.45, 7) is 5.43. The lowest BCUT2D eigenvalue weighted by atomic mass is 9.84. The first kappa shape index (κ1) is 23.7. The first-order chi connectivity index (χ1) is 15.2. The van der Waals surface area contributed by atoms with E-state index in [4.69, 9.17) is 11.6 Å². The lowest BCUT2D eigenvalue weighted by Crippen LogP contribution is -2.29. The van der Waals surface area contributed by atoms with Gasteiger partial charge in [-0.2, -0.15) is 0 Å². The Kier molecular flexibility index (Phi) is 7.49. The molecule has 2 atom stereocenters. The first-order valence-corrected chi connectivity index (χ1v) is 10.8. The van der Waals surface area contributed by atoms with Gasteiger partial charge in [0.2, 0.25) is 5.91 Å². The molecule has 0 aromatic heterocycles. The highest BCUT2D eigenvalue weighted by Crippen LogP contribution is 2.37. The standard InChI is InChI=1S/C27H27ClFNO2/c1-27(2,3)26(32)30-23-15-14-19(28)17-21(23)25(20-11-7-8-12-22(20)29)24(31)16-13-18-9-5-4-6-10-18/h4-17,24-25,31H,1-3H3,(H,30,32)/b16-13+/t24-,25-/m1/s1. The third-order valence-corrected chi connectivity index (χ3v) is 5.38. The fraction of sp³-hybridized carbons (Fsp3) is 0.222. The van der Waals surface area contributed by atoms with Crippen molar-refractivity contribution in [1.29, 1.82) is 0 Å². The highest BCUT2D eigenvalue weighted by atomic mass is 35.5. The fourth-order valence-corrected chi connectivity index (χ4v) is 3.54. The molecule has 166 valence electrons. The van der Waals surface area contributed by atoms with Crippen molar-refractivity contribution in [1.82, 2.24) is 0 Å². The minimum atomic E-state index is -1.07. The molecule has 0 radical (unpaired) electrons.